The molecule has 2 aromatic rings. The Balaban J connectivity index is 1.43. The number of hydrogen-bond acceptors (Lipinski definition) is 5. The van der Waals surface area contributed by atoms with Crippen LogP contribution in [-0.2, 0) is 13.1 Å². The van der Waals surface area contributed by atoms with E-state index in [1.54, 1.807) is 11.3 Å². The molecule has 3 heterocycles. The highest BCUT2D eigenvalue weighted by Crippen LogP contribution is 2.31. The van der Waals surface area contributed by atoms with Gasteiger partial charge in [0.2, 0.25) is 0 Å². The summed E-state index contributed by atoms with van der Waals surface area (Å²) >= 11 is 1.76. The predicted molar refractivity (Wildman–Crippen MR) is 97.6 cm³/mol. The van der Waals surface area contributed by atoms with Crippen LogP contribution in [-0.4, -0.2) is 44.9 Å². The van der Waals surface area contributed by atoms with E-state index in [-0.39, 0.29) is 5.91 Å². The van der Waals surface area contributed by atoms with E-state index in [9.17, 15) is 4.79 Å². The zero-order chi connectivity index (χ0) is 17.2. The van der Waals surface area contributed by atoms with Gasteiger partial charge in [-0.25, -0.2) is 0 Å². The summed E-state index contributed by atoms with van der Waals surface area (Å²) in [6.45, 7) is 5.75. The molecule has 0 aromatic carbocycles. The van der Waals surface area contributed by atoms with Gasteiger partial charge in [-0.1, -0.05) is 5.21 Å². The Morgan fingerprint density at radius 1 is 1.40 bits per heavy atom. The zero-order valence-electron chi connectivity index (χ0n) is 14.6. The average molecular weight is 359 g/mol. The summed E-state index contributed by atoms with van der Waals surface area (Å²) in [5.74, 6) is 0.591. The van der Waals surface area contributed by atoms with Crippen molar-refractivity contribution in [2.24, 2.45) is 5.92 Å². The lowest BCUT2D eigenvalue weighted by Crippen LogP contribution is -2.33. The number of piperidine rings is 1. The smallest absolute Gasteiger partial charge is 0.276 e. The van der Waals surface area contributed by atoms with E-state index >= 15 is 0 Å². The molecule has 1 amide bonds. The third-order valence-electron chi connectivity index (χ3n) is 4.97. The maximum atomic E-state index is 12.9. The minimum absolute atomic E-state index is 0.0153. The van der Waals surface area contributed by atoms with Crippen molar-refractivity contribution in [3.05, 3.63) is 33.8 Å². The molecule has 1 aliphatic heterocycles. The van der Waals surface area contributed by atoms with Crippen LogP contribution >= 0.6 is 11.3 Å². The van der Waals surface area contributed by atoms with Crippen LogP contribution in [0.2, 0.25) is 0 Å². The van der Waals surface area contributed by atoms with Gasteiger partial charge in [0, 0.05) is 22.3 Å². The minimum Gasteiger partial charge on any atom is -0.329 e. The van der Waals surface area contributed by atoms with Crippen molar-refractivity contribution in [3.63, 3.8) is 0 Å². The van der Waals surface area contributed by atoms with Gasteiger partial charge in [-0.3, -0.25) is 9.48 Å². The van der Waals surface area contributed by atoms with E-state index in [4.69, 9.17) is 0 Å². The maximum Gasteiger partial charge on any atom is 0.276 e. The van der Waals surface area contributed by atoms with E-state index in [1.165, 1.54) is 22.6 Å². The summed E-state index contributed by atoms with van der Waals surface area (Å²) in [4.78, 5) is 17.4. The molecule has 1 N–H and O–H groups in total. The number of aromatic nitrogens is 3. The summed E-state index contributed by atoms with van der Waals surface area (Å²) in [7, 11) is 0. The van der Waals surface area contributed by atoms with Gasteiger partial charge in [0.25, 0.3) is 5.91 Å². The van der Waals surface area contributed by atoms with Crippen LogP contribution in [0.3, 0.4) is 0 Å². The topological polar surface area (TPSA) is 63.1 Å². The molecule has 4 rings (SSSR count). The van der Waals surface area contributed by atoms with E-state index in [1.807, 2.05) is 15.8 Å². The fourth-order valence-electron chi connectivity index (χ4n) is 3.47. The summed E-state index contributed by atoms with van der Waals surface area (Å²) in [6, 6.07) is 4.60. The number of carbonyl (C=O) groups is 1. The standard InChI is InChI=1S/C18H25N5OS/c1-13-4-7-16(25-13)11-23(15-5-6-15)18(24)17-12-22(21-20-17)10-14-3-2-8-19-9-14/h4,7,12,14-15,19H,2-3,5-6,8-11H2,1H3/t14-/m0/s1. The molecule has 2 fully saturated rings. The van der Waals surface area contributed by atoms with Crippen molar-refractivity contribution in [1.29, 1.82) is 0 Å². The Hall–Kier alpha value is -1.73. The number of nitrogens with zero attached hydrogens (tertiary/aromatic N) is 4. The third-order valence-corrected chi connectivity index (χ3v) is 5.96. The third kappa shape index (κ3) is 4.10. The van der Waals surface area contributed by atoms with Crippen LogP contribution in [0.4, 0.5) is 0 Å². The lowest BCUT2D eigenvalue weighted by atomic mass is 10.00. The van der Waals surface area contributed by atoms with Crippen molar-refractivity contribution >= 4 is 17.2 Å². The SMILES string of the molecule is Cc1ccc(CN(C(=O)c2cn(C[C@H]3CCCNC3)nn2)C2CC2)s1. The lowest BCUT2D eigenvalue weighted by Gasteiger charge is -2.22. The summed E-state index contributed by atoms with van der Waals surface area (Å²) in [5, 5.41) is 11.8. The highest BCUT2D eigenvalue weighted by Gasteiger charge is 2.34. The van der Waals surface area contributed by atoms with E-state index in [2.05, 4.69) is 34.7 Å². The summed E-state index contributed by atoms with van der Waals surface area (Å²) < 4.78 is 1.84. The second-order valence-corrected chi connectivity index (χ2v) is 8.59. The van der Waals surface area contributed by atoms with E-state index in [0.717, 1.165) is 32.5 Å². The number of carbonyl (C=O) groups excluding carboxylic acids is 1. The monoisotopic (exact) mass is 359 g/mol. The molecule has 134 valence electrons. The molecule has 1 saturated carbocycles. The first-order chi connectivity index (χ1) is 12.2. The number of amides is 1. The fraction of sp³-hybridized carbons (Fsp3) is 0.611. The lowest BCUT2D eigenvalue weighted by molar-refractivity contribution is 0.0725. The van der Waals surface area contributed by atoms with Crippen LogP contribution in [0.25, 0.3) is 0 Å². The molecular formula is C18H25N5OS. The Bertz CT molecular complexity index is 729. The Morgan fingerprint density at radius 3 is 2.96 bits per heavy atom. The Kier molecular flexibility index (Phi) is 4.85. The molecule has 1 aliphatic carbocycles. The normalized spacial score (nSPS) is 20.6. The molecule has 1 atom stereocenters. The zero-order valence-corrected chi connectivity index (χ0v) is 15.5. The van der Waals surface area contributed by atoms with Crippen molar-refractivity contribution < 1.29 is 4.79 Å². The van der Waals surface area contributed by atoms with Gasteiger partial charge in [0.1, 0.15) is 0 Å². The summed E-state index contributed by atoms with van der Waals surface area (Å²) in [6.07, 6.45) is 6.44. The van der Waals surface area contributed by atoms with Gasteiger partial charge in [-0.2, -0.15) is 0 Å². The quantitative estimate of drug-likeness (QED) is 0.860. The van der Waals surface area contributed by atoms with Gasteiger partial charge in [0.15, 0.2) is 5.69 Å². The number of aryl methyl sites for hydroxylation is 1. The molecule has 2 aliphatic rings. The van der Waals surface area contributed by atoms with Gasteiger partial charge in [0.05, 0.1) is 12.7 Å². The van der Waals surface area contributed by atoms with Crippen molar-refractivity contribution in [1.82, 2.24) is 25.2 Å². The van der Waals surface area contributed by atoms with Crippen LogP contribution in [0.1, 0.15) is 45.9 Å². The van der Waals surface area contributed by atoms with E-state index in [0.29, 0.717) is 24.2 Å². The van der Waals surface area contributed by atoms with E-state index < -0.39 is 0 Å². The Morgan fingerprint density at radius 2 is 2.28 bits per heavy atom. The number of thiophene rings is 1. The van der Waals surface area contributed by atoms with Gasteiger partial charge >= 0.3 is 0 Å². The number of nitrogens with one attached hydrogen (secondary N) is 1. The van der Waals surface area contributed by atoms with Crippen LogP contribution in [0.5, 0.6) is 0 Å². The number of hydrogen-bond donors (Lipinski definition) is 1. The van der Waals surface area contributed by atoms with Crippen molar-refractivity contribution in [2.45, 2.75) is 51.7 Å². The molecule has 0 radical (unpaired) electrons. The first-order valence-electron chi connectivity index (χ1n) is 9.16. The maximum absolute atomic E-state index is 12.9. The number of rotatable bonds is 6. The molecule has 0 bridgehead atoms. The minimum atomic E-state index is 0.0153. The summed E-state index contributed by atoms with van der Waals surface area (Å²) in [5.41, 5.74) is 0.476. The van der Waals surface area contributed by atoms with Crippen LogP contribution < -0.4 is 5.32 Å². The molecule has 25 heavy (non-hydrogen) atoms. The second kappa shape index (κ2) is 7.25. The average Bonchev–Trinajstić information content (AvgIpc) is 3.22. The molecule has 2 aromatic heterocycles. The first kappa shape index (κ1) is 16.7. The van der Waals surface area contributed by atoms with Gasteiger partial charge in [-0.05, 0) is 63.7 Å². The largest absolute Gasteiger partial charge is 0.329 e. The molecule has 0 unspecified atom stereocenters. The highest BCUT2D eigenvalue weighted by molar-refractivity contribution is 7.11. The fourth-order valence-corrected chi connectivity index (χ4v) is 4.36. The van der Waals surface area contributed by atoms with Crippen molar-refractivity contribution in [3.8, 4) is 0 Å². The first-order valence-corrected chi connectivity index (χ1v) is 9.98. The van der Waals surface area contributed by atoms with Gasteiger partial charge < -0.3 is 10.2 Å². The van der Waals surface area contributed by atoms with Crippen LogP contribution in [0, 0.1) is 12.8 Å². The molecule has 1 saturated heterocycles. The Labute approximate surface area is 152 Å². The molecule has 0 spiro atoms. The second-order valence-electron chi connectivity index (χ2n) is 7.21. The highest BCUT2D eigenvalue weighted by atomic mass is 32.1. The van der Waals surface area contributed by atoms with Crippen LogP contribution in [0.15, 0.2) is 18.3 Å². The van der Waals surface area contributed by atoms with Crippen molar-refractivity contribution in [2.75, 3.05) is 13.1 Å². The predicted octanol–water partition coefficient (Wildman–Crippen LogP) is 2.45. The molecule has 6 nitrogen and oxygen atoms in total. The molecular weight excluding hydrogens is 334 g/mol. The van der Waals surface area contributed by atoms with Gasteiger partial charge in [-0.15, -0.1) is 16.4 Å². The molecule has 7 heteroatoms.